The smallest absolute Gasteiger partial charge is 0.257 e. The van der Waals surface area contributed by atoms with E-state index in [1.807, 2.05) is 0 Å². The minimum Gasteiger partial charge on any atom is -0.472 e. The molecule has 9 heteroatoms. The number of sulfone groups is 1. The van der Waals surface area contributed by atoms with Crippen LogP contribution in [0.1, 0.15) is 20.7 Å². The second-order valence-corrected chi connectivity index (χ2v) is 8.41. The zero-order chi connectivity index (χ0) is 18.9. The number of hydrogen-bond donors (Lipinski definition) is 0. The number of benzene rings is 1. The van der Waals surface area contributed by atoms with Gasteiger partial charge in [-0.1, -0.05) is 11.6 Å². The van der Waals surface area contributed by atoms with Crippen molar-refractivity contribution in [3.05, 3.63) is 52.9 Å². The third-order valence-corrected chi connectivity index (χ3v) is 5.78. The van der Waals surface area contributed by atoms with Gasteiger partial charge in [0.15, 0.2) is 9.84 Å². The van der Waals surface area contributed by atoms with Crippen molar-refractivity contribution in [2.45, 2.75) is 4.90 Å². The largest absolute Gasteiger partial charge is 0.472 e. The Kier molecular flexibility index (Phi) is 5.06. The van der Waals surface area contributed by atoms with E-state index in [9.17, 15) is 18.0 Å². The summed E-state index contributed by atoms with van der Waals surface area (Å²) < 4.78 is 28.5. The van der Waals surface area contributed by atoms with Crippen molar-refractivity contribution < 1.29 is 22.4 Å². The second-order valence-electron chi connectivity index (χ2n) is 6.01. The Bertz CT molecular complexity index is 932. The van der Waals surface area contributed by atoms with Crippen molar-refractivity contribution in [1.29, 1.82) is 0 Å². The molecular weight excluding hydrogens is 380 g/mol. The highest BCUT2D eigenvalue weighted by atomic mass is 35.5. The van der Waals surface area contributed by atoms with Crippen molar-refractivity contribution in [2.24, 2.45) is 0 Å². The second kappa shape index (κ2) is 7.13. The van der Waals surface area contributed by atoms with Gasteiger partial charge in [0.1, 0.15) is 6.26 Å². The number of carbonyl (C=O) groups excluding carboxylic acids is 2. The molecular formula is C17H17ClN2O5S. The molecule has 0 bridgehead atoms. The minimum atomic E-state index is -3.53. The van der Waals surface area contributed by atoms with Crippen LogP contribution in [-0.2, 0) is 9.84 Å². The van der Waals surface area contributed by atoms with E-state index in [0.29, 0.717) is 31.7 Å². The molecule has 0 atom stereocenters. The summed E-state index contributed by atoms with van der Waals surface area (Å²) in [6.07, 6.45) is 3.87. The number of amides is 2. The molecule has 1 saturated heterocycles. The van der Waals surface area contributed by atoms with E-state index < -0.39 is 9.84 Å². The highest BCUT2D eigenvalue weighted by molar-refractivity contribution is 7.90. The molecule has 1 fully saturated rings. The molecule has 1 aromatic carbocycles. The van der Waals surface area contributed by atoms with Gasteiger partial charge in [-0.3, -0.25) is 9.59 Å². The number of furan rings is 1. The Morgan fingerprint density at radius 1 is 1.00 bits per heavy atom. The Morgan fingerprint density at radius 2 is 1.58 bits per heavy atom. The standard InChI is InChI=1S/C17H17ClN2O5S/c1-26(23,24)15-10-12(2-3-14(15)18)16(21)19-5-7-20(8-6-19)17(22)13-4-9-25-11-13/h2-4,9-11H,5-8H2,1H3. The van der Waals surface area contributed by atoms with E-state index in [-0.39, 0.29) is 27.3 Å². The summed E-state index contributed by atoms with van der Waals surface area (Å²) in [5.74, 6) is -0.432. The van der Waals surface area contributed by atoms with Gasteiger partial charge in [-0.25, -0.2) is 8.42 Å². The van der Waals surface area contributed by atoms with Crippen molar-refractivity contribution in [2.75, 3.05) is 32.4 Å². The molecule has 1 aliphatic rings. The Labute approximate surface area is 156 Å². The third kappa shape index (κ3) is 3.76. The van der Waals surface area contributed by atoms with Crippen molar-refractivity contribution in [1.82, 2.24) is 9.80 Å². The predicted molar refractivity (Wildman–Crippen MR) is 95.1 cm³/mol. The van der Waals surface area contributed by atoms with Gasteiger partial charge in [-0.05, 0) is 24.3 Å². The van der Waals surface area contributed by atoms with Gasteiger partial charge in [0, 0.05) is 38.0 Å². The predicted octanol–water partition coefficient (Wildman–Crippen LogP) is 1.93. The molecule has 0 radical (unpaired) electrons. The van der Waals surface area contributed by atoms with E-state index in [0.717, 1.165) is 6.26 Å². The lowest BCUT2D eigenvalue weighted by Crippen LogP contribution is -2.50. The van der Waals surface area contributed by atoms with Crippen LogP contribution in [0.15, 0.2) is 46.1 Å². The number of rotatable bonds is 3. The molecule has 2 aromatic rings. The summed E-state index contributed by atoms with van der Waals surface area (Å²) in [5, 5.41) is 0.0829. The summed E-state index contributed by atoms with van der Waals surface area (Å²) in [5.41, 5.74) is 0.727. The van der Waals surface area contributed by atoms with E-state index in [4.69, 9.17) is 16.0 Å². The highest BCUT2D eigenvalue weighted by Gasteiger charge is 2.26. The molecule has 0 aliphatic carbocycles. The van der Waals surface area contributed by atoms with E-state index in [1.165, 1.54) is 30.7 Å². The number of nitrogens with zero attached hydrogens (tertiary/aromatic N) is 2. The van der Waals surface area contributed by atoms with Gasteiger partial charge in [0.25, 0.3) is 11.8 Å². The summed E-state index contributed by atoms with van der Waals surface area (Å²) in [6, 6.07) is 5.80. The molecule has 0 N–H and O–H groups in total. The molecule has 2 amide bonds. The Morgan fingerprint density at radius 3 is 2.08 bits per heavy atom. The molecule has 26 heavy (non-hydrogen) atoms. The highest BCUT2D eigenvalue weighted by Crippen LogP contribution is 2.23. The van der Waals surface area contributed by atoms with Crippen LogP contribution in [0.4, 0.5) is 0 Å². The number of hydrogen-bond acceptors (Lipinski definition) is 5. The molecule has 1 aliphatic heterocycles. The lowest BCUT2D eigenvalue weighted by atomic mass is 10.1. The molecule has 7 nitrogen and oxygen atoms in total. The monoisotopic (exact) mass is 396 g/mol. The topological polar surface area (TPSA) is 87.9 Å². The molecule has 138 valence electrons. The number of piperazine rings is 1. The average molecular weight is 397 g/mol. The molecule has 2 heterocycles. The van der Waals surface area contributed by atoms with Gasteiger partial charge in [-0.2, -0.15) is 0 Å². The first kappa shape index (κ1) is 18.5. The van der Waals surface area contributed by atoms with Crippen LogP contribution in [-0.4, -0.2) is 62.5 Å². The molecule has 3 rings (SSSR count). The fourth-order valence-electron chi connectivity index (χ4n) is 2.78. The van der Waals surface area contributed by atoms with Crippen LogP contribution in [0, 0.1) is 0 Å². The zero-order valence-electron chi connectivity index (χ0n) is 14.0. The average Bonchev–Trinajstić information content (AvgIpc) is 3.15. The van der Waals surface area contributed by atoms with Crippen LogP contribution in [0.3, 0.4) is 0 Å². The summed E-state index contributed by atoms with van der Waals surface area (Å²) in [4.78, 5) is 28.1. The van der Waals surface area contributed by atoms with Crippen molar-refractivity contribution in [3.63, 3.8) is 0 Å². The lowest BCUT2D eigenvalue weighted by Gasteiger charge is -2.34. The van der Waals surface area contributed by atoms with Crippen LogP contribution in [0.2, 0.25) is 5.02 Å². The number of halogens is 1. The van der Waals surface area contributed by atoms with E-state index in [2.05, 4.69) is 0 Å². The van der Waals surface area contributed by atoms with E-state index >= 15 is 0 Å². The lowest BCUT2D eigenvalue weighted by molar-refractivity contribution is 0.0535. The maximum atomic E-state index is 12.7. The van der Waals surface area contributed by atoms with Gasteiger partial charge in [0.05, 0.1) is 21.7 Å². The molecule has 0 spiro atoms. The summed E-state index contributed by atoms with van der Waals surface area (Å²) in [7, 11) is -3.53. The van der Waals surface area contributed by atoms with Crippen LogP contribution in [0.5, 0.6) is 0 Å². The zero-order valence-corrected chi connectivity index (χ0v) is 15.6. The Hall–Kier alpha value is -2.32. The first-order valence-electron chi connectivity index (χ1n) is 7.88. The van der Waals surface area contributed by atoms with Crippen LogP contribution < -0.4 is 0 Å². The fraction of sp³-hybridized carbons (Fsp3) is 0.294. The van der Waals surface area contributed by atoms with Gasteiger partial charge < -0.3 is 14.2 Å². The van der Waals surface area contributed by atoms with Crippen LogP contribution >= 0.6 is 11.6 Å². The molecule has 0 unspecified atom stereocenters. The van der Waals surface area contributed by atoms with Gasteiger partial charge >= 0.3 is 0 Å². The van der Waals surface area contributed by atoms with Crippen LogP contribution in [0.25, 0.3) is 0 Å². The first-order chi connectivity index (χ1) is 12.3. The third-order valence-electron chi connectivity index (χ3n) is 4.20. The maximum absolute atomic E-state index is 12.7. The normalized spacial score (nSPS) is 15.2. The molecule has 0 saturated carbocycles. The first-order valence-corrected chi connectivity index (χ1v) is 10.1. The van der Waals surface area contributed by atoms with Crippen molar-refractivity contribution >= 4 is 33.3 Å². The van der Waals surface area contributed by atoms with Crippen molar-refractivity contribution in [3.8, 4) is 0 Å². The molecule has 1 aromatic heterocycles. The quantitative estimate of drug-likeness (QED) is 0.791. The van der Waals surface area contributed by atoms with Gasteiger partial charge in [0.2, 0.25) is 0 Å². The van der Waals surface area contributed by atoms with Gasteiger partial charge in [-0.15, -0.1) is 0 Å². The fourth-order valence-corrected chi connectivity index (χ4v) is 4.09. The SMILES string of the molecule is CS(=O)(=O)c1cc(C(=O)N2CCN(C(=O)c3ccoc3)CC2)ccc1Cl. The number of carbonyl (C=O) groups is 2. The maximum Gasteiger partial charge on any atom is 0.257 e. The summed E-state index contributed by atoms with van der Waals surface area (Å²) in [6.45, 7) is 1.50. The Balaban J connectivity index is 1.70. The summed E-state index contributed by atoms with van der Waals surface area (Å²) >= 11 is 5.92. The van der Waals surface area contributed by atoms with E-state index in [1.54, 1.807) is 15.9 Å². The minimum absolute atomic E-state index is 0.0706.